The van der Waals surface area contributed by atoms with E-state index in [-0.39, 0.29) is 17.9 Å². The first-order valence-electron chi connectivity index (χ1n) is 11.6. The van der Waals surface area contributed by atoms with Crippen molar-refractivity contribution >= 4 is 45.5 Å². The summed E-state index contributed by atoms with van der Waals surface area (Å²) >= 11 is 3.40. The minimum atomic E-state index is -0.839. The summed E-state index contributed by atoms with van der Waals surface area (Å²) in [5, 5.41) is 2.22. The molecule has 0 atom stereocenters. The highest BCUT2D eigenvalue weighted by molar-refractivity contribution is 9.10. The number of carbonyl (C=O) groups is 3. The summed E-state index contributed by atoms with van der Waals surface area (Å²) in [6, 6.07) is 18.3. The Bertz CT molecular complexity index is 1420. The van der Waals surface area contributed by atoms with Gasteiger partial charge in [0.15, 0.2) is 11.5 Å². The van der Waals surface area contributed by atoms with Gasteiger partial charge in [-0.1, -0.05) is 40.0 Å². The first-order valence-corrected chi connectivity index (χ1v) is 12.4. The minimum Gasteiger partial charge on any atom is -0.490 e. The zero-order chi connectivity index (χ0) is 27.1. The topological polar surface area (TPSA) is 94.2 Å². The molecule has 1 fully saturated rings. The molecule has 4 rings (SSSR count). The molecule has 0 unspecified atom stereocenters. The summed E-state index contributed by atoms with van der Waals surface area (Å²) in [5.41, 5.74) is 1.57. The molecule has 0 saturated carbocycles. The number of carbonyl (C=O) groups excluding carboxylic acids is 3. The third-order valence-corrected chi connectivity index (χ3v) is 5.93. The monoisotopic (exact) mass is 574 g/mol. The number of nitrogens with one attached hydrogen (secondary N) is 1. The van der Waals surface area contributed by atoms with Crippen molar-refractivity contribution < 1.29 is 28.6 Å². The second kappa shape index (κ2) is 12.1. The van der Waals surface area contributed by atoms with Gasteiger partial charge in [0.2, 0.25) is 0 Å². The molecule has 0 spiro atoms. The lowest BCUT2D eigenvalue weighted by atomic mass is 10.1. The Morgan fingerprint density at radius 2 is 1.68 bits per heavy atom. The standard InChI is InChI=1S/C29H23BrN2O6/c1-3-15-37-25-14-7-20(17-26(25)36-4-2)16-24-27(33)31-29(35)32(28(24)34)22-10-12-23(13-11-22)38-18-19-5-8-21(30)9-6-19/h1,5-14,16-17H,4,15,18H2,2H3,(H,31,33,35)/b24-16+. The van der Waals surface area contributed by atoms with Crippen LogP contribution in [0.25, 0.3) is 6.08 Å². The number of hydrogen-bond acceptors (Lipinski definition) is 6. The SMILES string of the molecule is C#CCOc1ccc(/C=C2\C(=O)NC(=O)N(c3ccc(OCc4ccc(Br)cc4)cc3)C2=O)cc1OCC. The number of terminal acetylenes is 1. The second-order valence-electron chi connectivity index (χ2n) is 8.00. The molecule has 1 aliphatic rings. The van der Waals surface area contributed by atoms with Crippen molar-refractivity contribution in [3.63, 3.8) is 0 Å². The largest absolute Gasteiger partial charge is 0.490 e. The summed E-state index contributed by atoms with van der Waals surface area (Å²) in [6.07, 6.45) is 6.65. The van der Waals surface area contributed by atoms with Gasteiger partial charge in [-0.05, 0) is 72.7 Å². The van der Waals surface area contributed by atoms with Crippen molar-refractivity contribution in [1.29, 1.82) is 0 Å². The first kappa shape index (κ1) is 26.5. The van der Waals surface area contributed by atoms with Gasteiger partial charge in [-0.3, -0.25) is 14.9 Å². The van der Waals surface area contributed by atoms with E-state index in [9.17, 15) is 14.4 Å². The maximum atomic E-state index is 13.3. The molecule has 9 heteroatoms. The molecule has 38 heavy (non-hydrogen) atoms. The van der Waals surface area contributed by atoms with Gasteiger partial charge in [-0.25, -0.2) is 9.69 Å². The fraction of sp³-hybridized carbons (Fsp3) is 0.138. The molecule has 0 radical (unpaired) electrons. The Hall–Kier alpha value is -4.55. The van der Waals surface area contributed by atoms with Crippen molar-refractivity contribution in [2.45, 2.75) is 13.5 Å². The number of rotatable bonds is 9. The van der Waals surface area contributed by atoms with Gasteiger partial charge < -0.3 is 14.2 Å². The maximum absolute atomic E-state index is 13.3. The summed E-state index contributed by atoms with van der Waals surface area (Å²) in [7, 11) is 0. The van der Waals surface area contributed by atoms with E-state index in [0.29, 0.717) is 36.0 Å². The Morgan fingerprint density at radius 1 is 0.947 bits per heavy atom. The van der Waals surface area contributed by atoms with E-state index in [0.717, 1.165) is 14.9 Å². The van der Waals surface area contributed by atoms with Gasteiger partial charge in [0, 0.05) is 4.47 Å². The molecule has 4 amide bonds. The van der Waals surface area contributed by atoms with E-state index in [1.54, 1.807) is 42.5 Å². The zero-order valence-corrected chi connectivity index (χ0v) is 22.0. The molecule has 1 heterocycles. The van der Waals surface area contributed by atoms with E-state index in [2.05, 4.69) is 27.2 Å². The number of anilines is 1. The van der Waals surface area contributed by atoms with E-state index >= 15 is 0 Å². The molecule has 0 aromatic heterocycles. The van der Waals surface area contributed by atoms with Crippen LogP contribution in [-0.4, -0.2) is 31.1 Å². The van der Waals surface area contributed by atoms with Crippen molar-refractivity contribution in [2.75, 3.05) is 18.1 Å². The molecule has 1 saturated heterocycles. The predicted molar refractivity (Wildman–Crippen MR) is 146 cm³/mol. The summed E-state index contributed by atoms with van der Waals surface area (Å²) < 4.78 is 17.8. The van der Waals surface area contributed by atoms with Gasteiger partial charge in [-0.15, -0.1) is 6.42 Å². The summed E-state index contributed by atoms with van der Waals surface area (Å²) in [4.78, 5) is 39.3. The number of nitrogens with zero attached hydrogens (tertiary/aromatic N) is 1. The van der Waals surface area contributed by atoms with Crippen LogP contribution in [-0.2, 0) is 16.2 Å². The lowest BCUT2D eigenvalue weighted by Crippen LogP contribution is -2.54. The molecular weight excluding hydrogens is 552 g/mol. The van der Waals surface area contributed by atoms with Gasteiger partial charge in [0.25, 0.3) is 11.8 Å². The zero-order valence-electron chi connectivity index (χ0n) is 20.4. The van der Waals surface area contributed by atoms with Crippen molar-refractivity contribution in [3.05, 3.63) is 87.9 Å². The predicted octanol–water partition coefficient (Wildman–Crippen LogP) is 5.11. The molecule has 1 aliphatic heterocycles. The minimum absolute atomic E-state index is 0.0620. The summed E-state index contributed by atoms with van der Waals surface area (Å²) in [5.74, 6) is 2.24. The lowest BCUT2D eigenvalue weighted by molar-refractivity contribution is -0.122. The lowest BCUT2D eigenvalue weighted by Gasteiger charge is -2.26. The number of halogens is 1. The number of barbiturate groups is 1. The van der Waals surface area contributed by atoms with Crippen LogP contribution in [0.2, 0.25) is 0 Å². The first-order chi connectivity index (χ1) is 18.4. The number of benzene rings is 3. The second-order valence-corrected chi connectivity index (χ2v) is 8.91. The average molecular weight is 575 g/mol. The van der Waals surface area contributed by atoms with Gasteiger partial charge >= 0.3 is 6.03 Å². The van der Waals surface area contributed by atoms with Gasteiger partial charge in [0.05, 0.1) is 12.3 Å². The molecule has 3 aromatic rings. The fourth-order valence-corrected chi connectivity index (χ4v) is 3.88. The molecule has 8 nitrogen and oxygen atoms in total. The van der Waals surface area contributed by atoms with E-state index in [1.807, 2.05) is 31.2 Å². The van der Waals surface area contributed by atoms with E-state index < -0.39 is 17.8 Å². The van der Waals surface area contributed by atoms with Crippen LogP contribution in [0.5, 0.6) is 17.2 Å². The van der Waals surface area contributed by atoms with Crippen molar-refractivity contribution in [1.82, 2.24) is 5.32 Å². The van der Waals surface area contributed by atoms with Crippen LogP contribution in [0.3, 0.4) is 0 Å². The molecule has 0 bridgehead atoms. The third kappa shape index (κ3) is 6.22. The van der Waals surface area contributed by atoms with Gasteiger partial charge in [0.1, 0.15) is 24.5 Å². The normalized spacial score (nSPS) is 14.2. The number of ether oxygens (including phenoxy) is 3. The van der Waals surface area contributed by atoms with E-state index in [1.165, 1.54) is 6.08 Å². The smallest absolute Gasteiger partial charge is 0.335 e. The Balaban J connectivity index is 1.53. The van der Waals surface area contributed by atoms with E-state index in [4.69, 9.17) is 20.6 Å². The molecular formula is C29H23BrN2O6. The Kier molecular flexibility index (Phi) is 8.46. The molecule has 3 aromatic carbocycles. The fourth-order valence-electron chi connectivity index (χ4n) is 3.62. The maximum Gasteiger partial charge on any atom is 0.335 e. The van der Waals surface area contributed by atoms with Crippen molar-refractivity contribution in [3.8, 4) is 29.6 Å². The third-order valence-electron chi connectivity index (χ3n) is 5.40. The quantitative estimate of drug-likeness (QED) is 0.217. The van der Waals surface area contributed by atoms with Crippen LogP contribution in [0.1, 0.15) is 18.1 Å². The van der Waals surface area contributed by atoms with Crippen LogP contribution in [0.4, 0.5) is 10.5 Å². The van der Waals surface area contributed by atoms with Crippen LogP contribution < -0.4 is 24.4 Å². The highest BCUT2D eigenvalue weighted by Gasteiger charge is 2.36. The van der Waals surface area contributed by atoms with Crippen LogP contribution in [0.15, 0.2) is 76.8 Å². The molecule has 1 N–H and O–H groups in total. The van der Waals surface area contributed by atoms with Gasteiger partial charge in [-0.2, -0.15) is 0 Å². The Morgan fingerprint density at radius 3 is 2.37 bits per heavy atom. The number of hydrogen-bond donors (Lipinski definition) is 1. The van der Waals surface area contributed by atoms with Crippen LogP contribution >= 0.6 is 15.9 Å². The number of urea groups is 1. The average Bonchev–Trinajstić information content (AvgIpc) is 2.91. The highest BCUT2D eigenvalue weighted by atomic mass is 79.9. The highest BCUT2D eigenvalue weighted by Crippen LogP contribution is 2.30. The number of amides is 4. The molecule has 0 aliphatic carbocycles. The molecule has 192 valence electrons. The Labute approximate surface area is 228 Å². The number of imide groups is 2. The van der Waals surface area contributed by atoms with Crippen LogP contribution in [0, 0.1) is 12.3 Å². The summed E-state index contributed by atoms with van der Waals surface area (Å²) in [6.45, 7) is 2.60. The van der Waals surface area contributed by atoms with Crippen molar-refractivity contribution in [2.24, 2.45) is 0 Å².